The zero-order chi connectivity index (χ0) is 24.2. The molecule has 1 saturated heterocycles. The SMILES string of the molecule is CCc1ccc(OCCCn2c(C3CC(=O)N(c4cccc(OC)c4)C3)nc3ccccc32)cc1. The number of benzene rings is 3. The highest BCUT2D eigenvalue weighted by Gasteiger charge is 2.35. The fourth-order valence-corrected chi connectivity index (χ4v) is 4.78. The molecule has 5 rings (SSSR count). The minimum atomic E-state index is 0.0311. The number of carbonyl (C=O) groups is 1. The fourth-order valence-electron chi connectivity index (χ4n) is 4.78. The van der Waals surface area contributed by atoms with E-state index in [9.17, 15) is 4.79 Å². The highest BCUT2D eigenvalue weighted by Crippen LogP contribution is 2.34. The van der Waals surface area contributed by atoms with E-state index in [0.29, 0.717) is 19.6 Å². The molecule has 1 aromatic heterocycles. The van der Waals surface area contributed by atoms with Crippen molar-refractivity contribution in [3.63, 3.8) is 0 Å². The first-order chi connectivity index (χ1) is 17.2. The van der Waals surface area contributed by atoms with Crippen LogP contribution in [0.2, 0.25) is 0 Å². The zero-order valence-corrected chi connectivity index (χ0v) is 20.3. The van der Waals surface area contributed by atoms with Gasteiger partial charge < -0.3 is 18.9 Å². The molecule has 1 atom stereocenters. The number of methoxy groups -OCH3 is 1. The van der Waals surface area contributed by atoms with Gasteiger partial charge in [0.15, 0.2) is 0 Å². The van der Waals surface area contributed by atoms with Crippen molar-refractivity contribution >= 4 is 22.6 Å². The summed E-state index contributed by atoms with van der Waals surface area (Å²) >= 11 is 0. The van der Waals surface area contributed by atoms with Crippen LogP contribution in [0.5, 0.6) is 11.5 Å². The fraction of sp³-hybridized carbons (Fsp3) is 0.310. The number of hydrogen-bond acceptors (Lipinski definition) is 4. The number of hydrogen-bond donors (Lipinski definition) is 0. The Morgan fingerprint density at radius 3 is 2.63 bits per heavy atom. The van der Waals surface area contributed by atoms with Gasteiger partial charge in [-0.15, -0.1) is 0 Å². The first kappa shape index (κ1) is 23.0. The van der Waals surface area contributed by atoms with Gasteiger partial charge in [0.2, 0.25) is 5.91 Å². The number of aromatic nitrogens is 2. The van der Waals surface area contributed by atoms with Gasteiger partial charge in [-0.3, -0.25) is 4.79 Å². The minimum Gasteiger partial charge on any atom is -0.497 e. The standard InChI is InChI=1S/C29H31N3O3/c1-3-21-12-14-24(15-13-21)35-17-7-16-31-27-11-5-4-10-26(27)30-29(31)22-18-28(33)32(20-22)23-8-6-9-25(19-23)34-2/h4-6,8-15,19,22H,3,7,16-18,20H2,1-2H3. The molecule has 0 spiro atoms. The summed E-state index contributed by atoms with van der Waals surface area (Å²) in [7, 11) is 1.64. The van der Waals surface area contributed by atoms with E-state index in [0.717, 1.165) is 53.4 Å². The van der Waals surface area contributed by atoms with Gasteiger partial charge in [0, 0.05) is 37.2 Å². The lowest BCUT2D eigenvalue weighted by molar-refractivity contribution is -0.117. The minimum absolute atomic E-state index is 0.0311. The lowest BCUT2D eigenvalue weighted by Gasteiger charge is -2.18. The normalized spacial score (nSPS) is 15.7. The van der Waals surface area contributed by atoms with Gasteiger partial charge >= 0.3 is 0 Å². The summed E-state index contributed by atoms with van der Waals surface area (Å²) in [6.07, 6.45) is 2.32. The van der Waals surface area contributed by atoms with E-state index < -0.39 is 0 Å². The molecule has 4 aromatic rings. The van der Waals surface area contributed by atoms with Crippen LogP contribution in [-0.2, 0) is 17.8 Å². The summed E-state index contributed by atoms with van der Waals surface area (Å²) in [6, 6.07) is 24.2. The molecule has 180 valence electrons. The van der Waals surface area contributed by atoms with Crippen LogP contribution in [0, 0.1) is 0 Å². The first-order valence-electron chi connectivity index (χ1n) is 12.3. The Labute approximate surface area is 206 Å². The summed E-state index contributed by atoms with van der Waals surface area (Å²) < 4.78 is 13.6. The topological polar surface area (TPSA) is 56.6 Å². The van der Waals surface area contributed by atoms with Crippen molar-refractivity contribution in [3.8, 4) is 11.5 Å². The molecule has 1 unspecified atom stereocenters. The zero-order valence-electron chi connectivity index (χ0n) is 20.3. The summed E-state index contributed by atoms with van der Waals surface area (Å²) in [5, 5.41) is 0. The predicted octanol–water partition coefficient (Wildman–Crippen LogP) is 5.60. The Morgan fingerprint density at radius 2 is 1.83 bits per heavy atom. The smallest absolute Gasteiger partial charge is 0.227 e. The molecule has 2 heterocycles. The Hall–Kier alpha value is -3.80. The van der Waals surface area contributed by atoms with E-state index >= 15 is 0 Å². The van der Waals surface area contributed by atoms with Crippen LogP contribution in [0.1, 0.15) is 37.1 Å². The Balaban J connectivity index is 1.32. The van der Waals surface area contributed by atoms with Crippen molar-refractivity contribution in [2.75, 3.05) is 25.2 Å². The largest absolute Gasteiger partial charge is 0.497 e. The summed E-state index contributed by atoms with van der Waals surface area (Å²) in [6.45, 7) is 4.16. The van der Waals surface area contributed by atoms with E-state index in [1.165, 1.54) is 5.56 Å². The number of aryl methyl sites for hydroxylation is 2. The number of anilines is 1. The van der Waals surface area contributed by atoms with Gasteiger partial charge in [0.25, 0.3) is 0 Å². The second-order valence-electron chi connectivity index (χ2n) is 8.92. The van der Waals surface area contributed by atoms with Gasteiger partial charge in [-0.1, -0.05) is 37.3 Å². The molecule has 0 N–H and O–H groups in total. The molecule has 0 aliphatic carbocycles. The average Bonchev–Trinajstić information content (AvgIpc) is 3.47. The molecular formula is C29H31N3O3. The molecule has 0 saturated carbocycles. The molecule has 1 fully saturated rings. The number of ether oxygens (including phenoxy) is 2. The van der Waals surface area contributed by atoms with Gasteiger partial charge in [-0.05, 0) is 54.8 Å². The summed E-state index contributed by atoms with van der Waals surface area (Å²) in [5.74, 6) is 2.75. The number of imidazole rings is 1. The maximum Gasteiger partial charge on any atom is 0.227 e. The van der Waals surface area contributed by atoms with Crippen molar-refractivity contribution in [1.82, 2.24) is 9.55 Å². The van der Waals surface area contributed by atoms with Crippen molar-refractivity contribution in [2.24, 2.45) is 0 Å². The molecule has 1 aliphatic heterocycles. The number of fused-ring (bicyclic) bond motifs is 1. The molecule has 0 radical (unpaired) electrons. The van der Waals surface area contributed by atoms with Crippen LogP contribution in [0.4, 0.5) is 5.69 Å². The number of carbonyl (C=O) groups excluding carboxylic acids is 1. The highest BCUT2D eigenvalue weighted by molar-refractivity contribution is 5.96. The van der Waals surface area contributed by atoms with Crippen molar-refractivity contribution in [3.05, 3.63) is 84.2 Å². The third-order valence-corrected chi connectivity index (χ3v) is 6.67. The van der Waals surface area contributed by atoms with E-state index in [-0.39, 0.29) is 11.8 Å². The molecule has 6 nitrogen and oxygen atoms in total. The Morgan fingerprint density at radius 1 is 1.00 bits per heavy atom. The van der Waals surface area contributed by atoms with Crippen molar-refractivity contribution < 1.29 is 14.3 Å². The summed E-state index contributed by atoms with van der Waals surface area (Å²) in [4.78, 5) is 19.8. The molecule has 1 aliphatic rings. The second kappa shape index (κ2) is 10.2. The number of nitrogens with zero attached hydrogens (tertiary/aromatic N) is 3. The molecule has 0 bridgehead atoms. The molecule has 3 aromatic carbocycles. The third-order valence-electron chi connectivity index (χ3n) is 6.67. The average molecular weight is 470 g/mol. The van der Waals surface area contributed by atoms with Gasteiger partial charge in [0.05, 0.1) is 24.8 Å². The Kier molecular flexibility index (Phi) is 6.70. The van der Waals surface area contributed by atoms with Crippen LogP contribution >= 0.6 is 0 Å². The monoisotopic (exact) mass is 469 g/mol. The van der Waals surface area contributed by atoms with Crippen LogP contribution < -0.4 is 14.4 Å². The van der Waals surface area contributed by atoms with Crippen molar-refractivity contribution in [1.29, 1.82) is 0 Å². The maximum atomic E-state index is 13.0. The first-order valence-corrected chi connectivity index (χ1v) is 12.3. The lowest BCUT2D eigenvalue weighted by Crippen LogP contribution is -2.24. The molecule has 1 amide bonds. The molecule has 6 heteroatoms. The third kappa shape index (κ3) is 4.87. The number of para-hydroxylation sites is 2. The predicted molar refractivity (Wildman–Crippen MR) is 138 cm³/mol. The van der Waals surface area contributed by atoms with E-state index in [1.54, 1.807) is 7.11 Å². The maximum absolute atomic E-state index is 13.0. The van der Waals surface area contributed by atoms with E-state index in [4.69, 9.17) is 14.5 Å². The number of rotatable bonds is 9. The highest BCUT2D eigenvalue weighted by atomic mass is 16.5. The van der Waals surface area contributed by atoms with Crippen molar-refractivity contribution in [2.45, 2.75) is 38.6 Å². The summed E-state index contributed by atoms with van der Waals surface area (Å²) in [5.41, 5.74) is 4.23. The Bertz CT molecular complexity index is 1310. The van der Waals surface area contributed by atoms with Crippen LogP contribution in [0.3, 0.4) is 0 Å². The number of amides is 1. The van der Waals surface area contributed by atoms with Crippen LogP contribution in [-0.4, -0.2) is 35.7 Å². The quantitative estimate of drug-likeness (QED) is 0.300. The van der Waals surface area contributed by atoms with E-state index in [1.807, 2.05) is 59.5 Å². The van der Waals surface area contributed by atoms with Gasteiger partial charge in [0.1, 0.15) is 17.3 Å². The van der Waals surface area contributed by atoms with Crippen LogP contribution in [0.25, 0.3) is 11.0 Å². The van der Waals surface area contributed by atoms with Gasteiger partial charge in [-0.2, -0.15) is 0 Å². The molecular weight excluding hydrogens is 438 g/mol. The second-order valence-corrected chi connectivity index (χ2v) is 8.92. The molecule has 35 heavy (non-hydrogen) atoms. The van der Waals surface area contributed by atoms with Gasteiger partial charge in [-0.25, -0.2) is 4.98 Å². The van der Waals surface area contributed by atoms with E-state index in [2.05, 4.69) is 29.7 Å². The lowest BCUT2D eigenvalue weighted by atomic mass is 10.1. The van der Waals surface area contributed by atoms with Crippen LogP contribution in [0.15, 0.2) is 72.8 Å².